The number of para-hydroxylation sites is 1. The van der Waals surface area contributed by atoms with Gasteiger partial charge >= 0.3 is 5.97 Å². The number of hydrogen-bond donors (Lipinski definition) is 1. The Morgan fingerprint density at radius 3 is 2.62 bits per heavy atom. The van der Waals surface area contributed by atoms with Gasteiger partial charge in [-0.3, -0.25) is 4.79 Å². The summed E-state index contributed by atoms with van der Waals surface area (Å²) in [6.07, 6.45) is 1.65. The van der Waals surface area contributed by atoms with Crippen LogP contribution in [-0.4, -0.2) is 18.0 Å². The summed E-state index contributed by atoms with van der Waals surface area (Å²) in [5.74, 6) is -1.23. The monoisotopic (exact) mass is 388 g/mol. The molecule has 1 N–H and O–H groups in total. The lowest BCUT2D eigenvalue weighted by atomic mass is 10.2. The van der Waals surface area contributed by atoms with Gasteiger partial charge in [-0.1, -0.05) is 41.4 Å². The second kappa shape index (κ2) is 9.04. The quantitative estimate of drug-likeness (QED) is 0.605. The Morgan fingerprint density at radius 1 is 1.19 bits per heavy atom. The van der Waals surface area contributed by atoms with Crippen molar-refractivity contribution in [2.75, 3.05) is 5.32 Å². The van der Waals surface area contributed by atoms with Crippen LogP contribution in [0.5, 0.6) is 0 Å². The molecule has 0 fully saturated rings. The molecule has 1 amide bonds. The first-order valence-electron chi connectivity index (χ1n) is 7.54. The maximum absolute atomic E-state index is 12.1. The molecule has 2 rings (SSSR count). The van der Waals surface area contributed by atoms with Crippen molar-refractivity contribution in [1.29, 1.82) is 5.26 Å². The van der Waals surface area contributed by atoms with E-state index in [2.05, 4.69) is 5.32 Å². The van der Waals surface area contributed by atoms with Crippen LogP contribution in [0.1, 0.15) is 18.1 Å². The summed E-state index contributed by atoms with van der Waals surface area (Å²) in [5.41, 5.74) is 1.34. The number of amides is 1. The molecule has 0 saturated carbocycles. The molecular weight excluding hydrogens is 375 g/mol. The number of anilines is 1. The summed E-state index contributed by atoms with van der Waals surface area (Å²) < 4.78 is 5.05. The van der Waals surface area contributed by atoms with Crippen molar-refractivity contribution >= 4 is 46.8 Å². The summed E-state index contributed by atoms with van der Waals surface area (Å²) >= 11 is 11.7. The molecular formula is C19H14Cl2N2O3. The first-order valence-corrected chi connectivity index (χ1v) is 8.30. The number of ether oxygens (including phenoxy) is 1. The number of benzene rings is 2. The maximum atomic E-state index is 12.1. The van der Waals surface area contributed by atoms with E-state index in [0.717, 1.165) is 0 Å². The number of nitrogens with zero attached hydrogens (tertiary/aromatic N) is 1. The van der Waals surface area contributed by atoms with Crippen molar-refractivity contribution in [2.45, 2.75) is 13.0 Å². The van der Waals surface area contributed by atoms with Gasteiger partial charge < -0.3 is 10.1 Å². The van der Waals surface area contributed by atoms with Gasteiger partial charge in [-0.2, -0.15) is 5.26 Å². The average Bonchev–Trinajstić information content (AvgIpc) is 2.63. The van der Waals surface area contributed by atoms with Crippen LogP contribution in [-0.2, 0) is 14.3 Å². The predicted octanol–water partition coefficient (Wildman–Crippen LogP) is 4.45. The number of halogens is 2. The van der Waals surface area contributed by atoms with Crippen LogP contribution in [0.3, 0.4) is 0 Å². The van der Waals surface area contributed by atoms with Gasteiger partial charge in [0.2, 0.25) is 0 Å². The fraction of sp³-hybridized carbons (Fsp3) is 0.105. The highest BCUT2D eigenvalue weighted by atomic mass is 35.5. The number of rotatable bonds is 5. The molecule has 0 aliphatic rings. The van der Waals surface area contributed by atoms with E-state index in [1.165, 1.54) is 19.1 Å². The highest BCUT2D eigenvalue weighted by molar-refractivity contribution is 6.42. The fourth-order valence-electron chi connectivity index (χ4n) is 1.97. The summed E-state index contributed by atoms with van der Waals surface area (Å²) in [7, 11) is 0. The number of nitrogens with one attached hydrogen (secondary N) is 1. The molecule has 0 heterocycles. The van der Waals surface area contributed by atoms with Gasteiger partial charge in [0, 0.05) is 6.08 Å². The molecule has 2 aromatic rings. The van der Waals surface area contributed by atoms with Crippen LogP contribution in [0.4, 0.5) is 5.69 Å². The van der Waals surface area contributed by atoms with Crippen LogP contribution in [0, 0.1) is 11.3 Å². The minimum absolute atomic E-state index is 0.318. The summed E-state index contributed by atoms with van der Waals surface area (Å²) in [5, 5.41) is 12.4. The Balaban J connectivity index is 1.95. The number of carbonyl (C=O) groups is 2. The molecule has 5 nitrogen and oxygen atoms in total. The largest absolute Gasteiger partial charge is 0.449 e. The lowest BCUT2D eigenvalue weighted by Crippen LogP contribution is -2.29. The third kappa shape index (κ3) is 5.35. The second-order valence-corrected chi connectivity index (χ2v) is 6.05. The topological polar surface area (TPSA) is 79.2 Å². The Kier molecular flexibility index (Phi) is 6.79. The molecule has 0 unspecified atom stereocenters. The molecule has 2 aromatic carbocycles. The second-order valence-electron chi connectivity index (χ2n) is 5.23. The average molecular weight is 389 g/mol. The smallest absolute Gasteiger partial charge is 0.331 e. The van der Waals surface area contributed by atoms with E-state index in [4.69, 9.17) is 33.2 Å². The van der Waals surface area contributed by atoms with Crippen LogP contribution >= 0.6 is 23.2 Å². The normalized spacial score (nSPS) is 11.6. The number of esters is 1. The van der Waals surface area contributed by atoms with Gasteiger partial charge in [0.15, 0.2) is 6.10 Å². The zero-order chi connectivity index (χ0) is 19.1. The van der Waals surface area contributed by atoms with Gasteiger partial charge in [0.25, 0.3) is 5.91 Å². The Bertz CT molecular complexity index is 904. The van der Waals surface area contributed by atoms with Gasteiger partial charge in [-0.15, -0.1) is 0 Å². The SMILES string of the molecule is C[C@@H](OC(=O)/C=C/c1ccc(Cl)c(Cl)c1)C(=O)Nc1ccccc1C#N. The van der Waals surface area contributed by atoms with E-state index < -0.39 is 18.0 Å². The summed E-state index contributed by atoms with van der Waals surface area (Å²) in [6.45, 7) is 1.44. The third-order valence-electron chi connectivity index (χ3n) is 3.32. The van der Waals surface area contributed by atoms with E-state index in [9.17, 15) is 9.59 Å². The molecule has 0 aromatic heterocycles. The van der Waals surface area contributed by atoms with Crippen LogP contribution < -0.4 is 5.32 Å². The molecule has 132 valence electrons. The van der Waals surface area contributed by atoms with E-state index >= 15 is 0 Å². The molecule has 7 heteroatoms. The van der Waals surface area contributed by atoms with Crippen LogP contribution in [0.15, 0.2) is 48.5 Å². The predicted molar refractivity (Wildman–Crippen MR) is 101 cm³/mol. The standard InChI is InChI=1S/C19H14Cl2N2O3/c1-12(19(25)23-17-5-3-2-4-14(17)11-22)26-18(24)9-7-13-6-8-15(20)16(21)10-13/h2-10,12H,1H3,(H,23,25)/b9-7+/t12-/m1/s1. The van der Waals surface area contributed by atoms with E-state index in [-0.39, 0.29) is 0 Å². The first-order chi connectivity index (χ1) is 12.4. The minimum atomic E-state index is -1.03. The van der Waals surface area contributed by atoms with Gasteiger partial charge in [-0.25, -0.2) is 4.79 Å². The van der Waals surface area contributed by atoms with E-state index in [1.807, 2.05) is 6.07 Å². The lowest BCUT2D eigenvalue weighted by Gasteiger charge is -2.13. The van der Waals surface area contributed by atoms with E-state index in [0.29, 0.717) is 26.9 Å². The Hall–Kier alpha value is -2.81. The molecule has 0 radical (unpaired) electrons. The van der Waals surface area contributed by atoms with Crippen molar-refractivity contribution in [3.05, 3.63) is 69.7 Å². The Morgan fingerprint density at radius 2 is 1.92 bits per heavy atom. The van der Waals surface area contributed by atoms with Gasteiger partial charge in [-0.05, 0) is 42.8 Å². The first kappa shape index (κ1) is 19.5. The number of hydrogen-bond acceptors (Lipinski definition) is 4. The molecule has 0 saturated heterocycles. The molecule has 0 aliphatic carbocycles. The van der Waals surface area contributed by atoms with Crippen molar-refractivity contribution < 1.29 is 14.3 Å². The Labute approximate surface area is 160 Å². The fourth-order valence-corrected chi connectivity index (χ4v) is 2.28. The number of nitriles is 1. The third-order valence-corrected chi connectivity index (χ3v) is 4.06. The lowest BCUT2D eigenvalue weighted by molar-refractivity contribution is -0.148. The summed E-state index contributed by atoms with van der Waals surface area (Å²) in [4.78, 5) is 24.0. The van der Waals surface area contributed by atoms with Crippen molar-refractivity contribution in [2.24, 2.45) is 0 Å². The van der Waals surface area contributed by atoms with Crippen molar-refractivity contribution in [1.82, 2.24) is 0 Å². The summed E-state index contributed by atoms with van der Waals surface area (Å²) in [6, 6.07) is 13.4. The molecule has 26 heavy (non-hydrogen) atoms. The molecule has 0 spiro atoms. The zero-order valence-corrected chi connectivity index (χ0v) is 15.2. The highest BCUT2D eigenvalue weighted by Crippen LogP contribution is 2.23. The van der Waals surface area contributed by atoms with Crippen molar-refractivity contribution in [3.8, 4) is 6.07 Å². The van der Waals surface area contributed by atoms with Crippen LogP contribution in [0.25, 0.3) is 6.08 Å². The van der Waals surface area contributed by atoms with Gasteiger partial charge in [0.05, 0.1) is 21.3 Å². The zero-order valence-electron chi connectivity index (χ0n) is 13.7. The van der Waals surface area contributed by atoms with Crippen LogP contribution in [0.2, 0.25) is 10.0 Å². The minimum Gasteiger partial charge on any atom is -0.449 e. The maximum Gasteiger partial charge on any atom is 0.331 e. The molecule has 0 bridgehead atoms. The highest BCUT2D eigenvalue weighted by Gasteiger charge is 2.17. The van der Waals surface area contributed by atoms with Crippen molar-refractivity contribution in [3.63, 3.8) is 0 Å². The number of carbonyl (C=O) groups excluding carboxylic acids is 2. The van der Waals surface area contributed by atoms with E-state index in [1.54, 1.807) is 42.5 Å². The van der Waals surface area contributed by atoms with Gasteiger partial charge in [0.1, 0.15) is 6.07 Å². The molecule has 1 atom stereocenters. The molecule has 0 aliphatic heterocycles.